The molecule has 0 spiro atoms. The number of fused-ring (bicyclic) bond motifs is 1. The molecule has 30 heavy (non-hydrogen) atoms. The first-order valence-corrected chi connectivity index (χ1v) is 9.55. The van der Waals surface area contributed by atoms with Gasteiger partial charge in [-0.1, -0.05) is 30.3 Å². The SMILES string of the molecule is C[C@H](NC(=O)OCc1ccccc1)c1nc2ccc(F)cc2n1C1CN(C(=O)O)C1. The molecule has 2 aromatic carbocycles. The maximum Gasteiger partial charge on any atom is 0.408 e. The van der Waals surface area contributed by atoms with Gasteiger partial charge in [0, 0.05) is 13.1 Å². The minimum atomic E-state index is -1.00. The van der Waals surface area contributed by atoms with Crippen LogP contribution >= 0.6 is 0 Å². The zero-order valence-corrected chi connectivity index (χ0v) is 16.3. The van der Waals surface area contributed by atoms with E-state index in [0.29, 0.717) is 16.9 Å². The quantitative estimate of drug-likeness (QED) is 0.666. The highest BCUT2D eigenvalue weighted by Gasteiger charge is 2.35. The third-order valence-corrected chi connectivity index (χ3v) is 5.11. The molecule has 2 amide bonds. The van der Waals surface area contributed by atoms with Crippen LogP contribution in [0.25, 0.3) is 11.0 Å². The van der Waals surface area contributed by atoms with Gasteiger partial charge in [0.15, 0.2) is 0 Å². The molecule has 0 radical (unpaired) electrons. The lowest BCUT2D eigenvalue weighted by molar-refractivity contribution is 0.0853. The highest BCUT2D eigenvalue weighted by atomic mass is 19.1. The van der Waals surface area contributed by atoms with Crippen molar-refractivity contribution in [1.29, 1.82) is 0 Å². The van der Waals surface area contributed by atoms with Gasteiger partial charge in [-0.2, -0.15) is 0 Å². The molecule has 0 aliphatic carbocycles. The van der Waals surface area contributed by atoms with Crippen molar-refractivity contribution in [2.45, 2.75) is 25.6 Å². The van der Waals surface area contributed by atoms with E-state index in [-0.39, 0.29) is 25.7 Å². The van der Waals surface area contributed by atoms with Crippen LogP contribution in [0, 0.1) is 5.82 Å². The normalized spacial score (nSPS) is 14.9. The Morgan fingerprint density at radius 1 is 1.27 bits per heavy atom. The van der Waals surface area contributed by atoms with Gasteiger partial charge in [-0.15, -0.1) is 0 Å². The number of nitrogens with zero attached hydrogens (tertiary/aromatic N) is 3. The molecule has 1 aliphatic heterocycles. The van der Waals surface area contributed by atoms with E-state index in [0.717, 1.165) is 5.56 Å². The molecule has 4 rings (SSSR count). The van der Waals surface area contributed by atoms with Crippen molar-refractivity contribution in [3.05, 3.63) is 65.7 Å². The van der Waals surface area contributed by atoms with E-state index in [2.05, 4.69) is 10.3 Å². The molecule has 2 heterocycles. The minimum absolute atomic E-state index is 0.136. The number of imidazole rings is 1. The molecular formula is C21H21FN4O4. The fourth-order valence-electron chi connectivity index (χ4n) is 3.55. The van der Waals surface area contributed by atoms with Crippen molar-refractivity contribution in [2.24, 2.45) is 0 Å². The first-order chi connectivity index (χ1) is 14.4. The van der Waals surface area contributed by atoms with Crippen LogP contribution in [-0.4, -0.2) is 44.8 Å². The second-order valence-electron chi connectivity index (χ2n) is 7.24. The fourth-order valence-corrected chi connectivity index (χ4v) is 3.55. The van der Waals surface area contributed by atoms with Gasteiger partial charge in [-0.05, 0) is 30.7 Å². The van der Waals surface area contributed by atoms with E-state index >= 15 is 0 Å². The number of rotatable bonds is 5. The summed E-state index contributed by atoms with van der Waals surface area (Å²) in [6, 6.07) is 12.9. The third kappa shape index (κ3) is 3.91. The average Bonchev–Trinajstić information content (AvgIpc) is 3.04. The lowest BCUT2D eigenvalue weighted by Crippen LogP contribution is -2.50. The Morgan fingerprint density at radius 3 is 2.70 bits per heavy atom. The van der Waals surface area contributed by atoms with Gasteiger partial charge < -0.3 is 24.6 Å². The van der Waals surface area contributed by atoms with Crippen molar-refractivity contribution in [1.82, 2.24) is 19.8 Å². The number of carbonyl (C=O) groups excluding carboxylic acids is 1. The number of hydrogen-bond donors (Lipinski definition) is 2. The predicted molar refractivity (Wildman–Crippen MR) is 107 cm³/mol. The van der Waals surface area contributed by atoms with Crippen LogP contribution < -0.4 is 5.32 Å². The topological polar surface area (TPSA) is 96.7 Å². The molecule has 1 saturated heterocycles. The Balaban J connectivity index is 1.53. The van der Waals surface area contributed by atoms with E-state index < -0.39 is 24.0 Å². The van der Waals surface area contributed by atoms with E-state index in [1.165, 1.54) is 17.0 Å². The zero-order chi connectivity index (χ0) is 21.3. The van der Waals surface area contributed by atoms with E-state index in [1.54, 1.807) is 17.6 Å². The lowest BCUT2D eigenvalue weighted by atomic mass is 10.1. The summed E-state index contributed by atoms with van der Waals surface area (Å²) in [5.41, 5.74) is 2.00. The van der Waals surface area contributed by atoms with Crippen LogP contribution in [0.1, 0.15) is 30.4 Å². The number of nitrogens with one attached hydrogen (secondary N) is 1. The Morgan fingerprint density at radius 2 is 2.00 bits per heavy atom. The summed E-state index contributed by atoms with van der Waals surface area (Å²) in [6.07, 6.45) is -1.60. The highest BCUT2D eigenvalue weighted by Crippen LogP contribution is 2.31. The molecule has 0 unspecified atom stereocenters. The Labute approximate surface area is 171 Å². The number of alkyl carbamates (subject to hydrolysis) is 1. The molecule has 0 saturated carbocycles. The van der Waals surface area contributed by atoms with Crippen molar-refractivity contribution in [3.8, 4) is 0 Å². The maximum absolute atomic E-state index is 13.9. The third-order valence-electron chi connectivity index (χ3n) is 5.11. The minimum Gasteiger partial charge on any atom is -0.465 e. The second-order valence-corrected chi connectivity index (χ2v) is 7.24. The summed E-state index contributed by atoms with van der Waals surface area (Å²) in [6.45, 7) is 2.44. The number of halogens is 1. The van der Waals surface area contributed by atoms with Crippen LogP contribution in [0.4, 0.5) is 14.0 Å². The summed E-state index contributed by atoms with van der Waals surface area (Å²) < 4.78 is 20.9. The Bertz CT molecular complexity index is 1080. The smallest absolute Gasteiger partial charge is 0.408 e. The predicted octanol–water partition coefficient (Wildman–Crippen LogP) is 3.70. The molecule has 1 fully saturated rings. The number of amides is 2. The Kier molecular flexibility index (Phi) is 5.26. The molecule has 0 bridgehead atoms. The molecule has 9 heteroatoms. The van der Waals surface area contributed by atoms with Gasteiger partial charge in [-0.25, -0.2) is 19.0 Å². The highest BCUT2D eigenvalue weighted by molar-refractivity contribution is 5.77. The van der Waals surface area contributed by atoms with Crippen LogP contribution in [0.15, 0.2) is 48.5 Å². The monoisotopic (exact) mass is 412 g/mol. The van der Waals surface area contributed by atoms with E-state index in [4.69, 9.17) is 9.84 Å². The maximum atomic E-state index is 13.9. The standard InChI is InChI=1S/C21H21FN4O4/c1-13(23-20(27)30-12-14-5-3-2-4-6-14)19-24-17-8-7-15(22)9-18(17)26(19)16-10-25(11-16)21(28)29/h2-9,13,16H,10-12H2,1H3,(H,23,27)(H,28,29)/t13-/m0/s1. The van der Waals surface area contributed by atoms with Crippen LogP contribution in [-0.2, 0) is 11.3 Å². The summed E-state index contributed by atoms with van der Waals surface area (Å²) in [7, 11) is 0. The Hall–Kier alpha value is -3.62. The van der Waals surface area contributed by atoms with Gasteiger partial charge in [-0.3, -0.25) is 0 Å². The fraction of sp³-hybridized carbons (Fsp3) is 0.286. The lowest BCUT2D eigenvalue weighted by Gasteiger charge is -2.39. The van der Waals surface area contributed by atoms with Gasteiger partial charge in [0.2, 0.25) is 0 Å². The molecule has 1 aromatic heterocycles. The van der Waals surface area contributed by atoms with Crippen molar-refractivity contribution in [2.75, 3.05) is 13.1 Å². The number of aromatic nitrogens is 2. The zero-order valence-electron chi connectivity index (χ0n) is 16.3. The number of benzene rings is 2. The molecule has 156 valence electrons. The van der Waals surface area contributed by atoms with E-state index in [1.807, 2.05) is 30.3 Å². The van der Waals surface area contributed by atoms with Crippen LogP contribution in [0.5, 0.6) is 0 Å². The van der Waals surface area contributed by atoms with Gasteiger partial charge in [0.05, 0.1) is 23.1 Å². The van der Waals surface area contributed by atoms with Crippen molar-refractivity contribution in [3.63, 3.8) is 0 Å². The number of carboxylic acid groups (broad SMARTS) is 1. The number of likely N-dealkylation sites (tertiary alicyclic amines) is 1. The molecule has 3 aromatic rings. The van der Waals surface area contributed by atoms with Crippen molar-refractivity contribution < 1.29 is 23.8 Å². The van der Waals surface area contributed by atoms with Gasteiger partial charge in [0.1, 0.15) is 18.2 Å². The summed E-state index contributed by atoms with van der Waals surface area (Å²) in [5, 5.41) is 11.9. The molecule has 2 N–H and O–H groups in total. The number of carbonyl (C=O) groups is 2. The summed E-state index contributed by atoms with van der Waals surface area (Å²) >= 11 is 0. The first-order valence-electron chi connectivity index (χ1n) is 9.55. The first kappa shape index (κ1) is 19.7. The van der Waals surface area contributed by atoms with E-state index in [9.17, 15) is 14.0 Å². The largest absolute Gasteiger partial charge is 0.465 e. The van der Waals surface area contributed by atoms with Gasteiger partial charge in [0.25, 0.3) is 0 Å². The number of ether oxygens (including phenoxy) is 1. The molecule has 8 nitrogen and oxygen atoms in total. The molecule has 1 aliphatic rings. The second kappa shape index (κ2) is 8.02. The number of hydrogen-bond acceptors (Lipinski definition) is 4. The van der Waals surface area contributed by atoms with Crippen LogP contribution in [0.2, 0.25) is 0 Å². The molecular weight excluding hydrogens is 391 g/mol. The summed E-state index contributed by atoms with van der Waals surface area (Å²) in [4.78, 5) is 29.2. The van der Waals surface area contributed by atoms with Gasteiger partial charge >= 0.3 is 12.2 Å². The van der Waals surface area contributed by atoms with Crippen molar-refractivity contribution >= 4 is 23.2 Å². The average molecular weight is 412 g/mol. The van der Waals surface area contributed by atoms with Crippen LogP contribution in [0.3, 0.4) is 0 Å². The molecule has 1 atom stereocenters. The summed E-state index contributed by atoms with van der Waals surface area (Å²) in [5.74, 6) is 0.106.